The summed E-state index contributed by atoms with van der Waals surface area (Å²) >= 11 is 0. The smallest absolute Gasteiger partial charge is 0.243 e. The van der Waals surface area contributed by atoms with Gasteiger partial charge in [0, 0.05) is 6.04 Å². The lowest BCUT2D eigenvalue weighted by Gasteiger charge is -2.04. The van der Waals surface area contributed by atoms with Gasteiger partial charge < -0.3 is 5.32 Å². The largest absolute Gasteiger partial charge is 0.350 e. The van der Waals surface area contributed by atoms with Gasteiger partial charge in [0.05, 0.1) is 0 Å². The van der Waals surface area contributed by atoms with Gasteiger partial charge in [0.2, 0.25) is 5.91 Å². The van der Waals surface area contributed by atoms with Crippen LogP contribution in [0.15, 0.2) is 12.2 Å². The molecule has 0 aromatic rings. The zero-order valence-electron chi connectivity index (χ0n) is 7.72. The van der Waals surface area contributed by atoms with Crippen LogP contribution in [-0.4, -0.2) is 11.9 Å². The number of nitrogens with one attached hydrogen (secondary N) is 1. The van der Waals surface area contributed by atoms with Crippen molar-refractivity contribution in [2.75, 3.05) is 0 Å². The summed E-state index contributed by atoms with van der Waals surface area (Å²) in [6, 6.07) is 0.222. The number of hydrogen-bond acceptors (Lipinski definition) is 1. The van der Waals surface area contributed by atoms with Crippen molar-refractivity contribution < 1.29 is 4.79 Å². The van der Waals surface area contributed by atoms with Gasteiger partial charge in [-0.05, 0) is 25.8 Å². The van der Waals surface area contributed by atoms with Gasteiger partial charge in [-0.2, -0.15) is 0 Å². The molecule has 0 aromatic carbocycles. The predicted octanol–water partition coefficient (Wildman–Crippen LogP) is 1.72. The lowest BCUT2D eigenvalue weighted by atomic mass is 10.2. The van der Waals surface area contributed by atoms with Crippen molar-refractivity contribution in [3.8, 4) is 0 Å². The van der Waals surface area contributed by atoms with Crippen LogP contribution in [0.5, 0.6) is 0 Å². The van der Waals surface area contributed by atoms with Crippen molar-refractivity contribution in [2.24, 2.45) is 5.92 Å². The third kappa shape index (κ3) is 7.10. The molecular formula is C9H17NO. The molecule has 0 fully saturated rings. The van der Waals surface area contributed by atoms with Crippen molar-refractivity contribution >= 4 is 5.91 Å². The van der Waals surface area contributed by atoms with Crippen LogP contribution in [0.3, 0.4) is 0 Å². The molecule has 0 spiro atoms. The molecule has 11 heavy (non-hydrogen) atoms. The second-order valence-electron chi connectivity index (χ2n) is 3.27. The van der Waals surface area contributed by atoms with E-state index in [1.54, 1.807) is 6.08 Å². The molecule has 0 aromatic heterocycles. The number of carbonyl (C=O) groups excluding carboxylic acids is 1. The van der Waals surface area contributed by atoms with Crippen LogP contribution in [0, 0.1) is 5.92 Å². The summed E-state index contributed by atoms with van der Waals surface area (Å²) in [7, 11) is 0. The highest BCUT2D eigenvalue weighted by Crippen LogP contribution is 1.92. The second-order valence-corrected chi connectivity index (χ2v) is 3.27. The monoisotopic (exact) mass is 155 g/mol. The first-order chi connectivity index (χ1) is 5.02. The summed E-state index contributed by atoms with van der Waals surface area (Å²) in [5, 5.41) is 2.77. The number of allylic oxidation sites excluding steroid dienone is 1. The highest BCUT2D eigenvalue weighted by atomic mass is 16.1. The molecular weight excluding hydrogens is 138 g/mol. The van der Waals surface area contributed by atoms with Crippen LogP contribution >= 0.6 is 0 Å². The Bertz CT molecular complexity index is 148. The fourth-order valence-electron chi connectivity index (χ4n) is 0.612. The van der Waals surface area contributed by atoms with Gasteiger partial charge >= 0.3 is 0 Å². The number of amides is 1. The Morgan fingerprint density at radius 3 is 2.18 bits per heavy atom. The van der Waals surface area contributed by atoms with Crippen molar-refractivity contribution in [1.82, 2.24) is 5.32 Å². The summed E-state index contributed by atoms with van der Waals surface area (Å²) in [6.45, 7) is 7.97. The van der Waals surface area contributed by atoms with Gasteiger partial charge in [0.15, 0.2) is 0 Å². The molecule has 0 radical (unpaired) electrons. The molecule has 0 saturated carbocycles. The Kier molecular flexibility index (Phi) is 4.59. The molecule has 0 aliphatic carbocycles. The minimum atomic E-state index is -0.00583. The molecule has 0 saturated heterocycles. The van der Waals surface area contributed by atoms with E-state index in [0.717, 1.165) is 0 Å². The van der Waals surface area contributed by atoms with Gasteiger partial charge in [-0.1, -0.05) is 19.9 Å². The SMILES string of the molecule is CC(C)/C=C\C(=O)NC(C)C. The van der Waals surface area contributed by atoms with E-state index in [-0.39, 0.29) is 11.9 Å². The molecule has 0 heterocycles. The zero-order chi connectivity index (χ0) is 8.85. The lowest BCUT2D eigenvalue weighted by Crippen LogP contribution is -2.28. The Hall–Kier alpha value is -0.790. The van der Waals surface area contributed by atoms with E-state index < -0.39 is 0 Å². The standard InChI is InChI=1S/C9H17NO/c1-7(2)5-6-9(11)10-8(3)4/h5-8H,1-4H3,(H,10,11)/b6-5-. The van der Waals surface area contributed by atoms with Crippen molar-refractivity contribution in [3.05, 3.63) is 12.2 Å². The van der Waals surface area contributed by atoms with Crippen molar-refractivity contribution in [3.63, 3.8) is 0 Å². The molecule has 2 nitrogen and oxygen atoms in total. The van der Waals surface area contributed by atoms with Crippen LogP contribution in [0.25, 0.3) is 0 Å². The molecule has 0 bridgehead atoms. The third-order valence-electron chi connectivity index (χ3n) is 1.06. The second kappa shape index (κ2) is 4.94. The molecule has 64 valence electrons. The molecule has 0 aliphatic heterocycles. The highest BCUT2D eigenvalue weighted by Gasteiger charge is 1.96. The Balaban J connectivity index is 3.69. The molecule has 0 aliphatic rings. The Labute approximate surface area is 68.7 Å². The van der Waals surface area contributed by atoms with Crippen LogP contribution in [0.2, 0.25) is 0 Å². The molecule has 0 atom stereocenters. The highest BCUT2D eigenvalue weighted by molar-refractivity contribution is 5.87. The summed E-state index contributed by atoms with van der Waals surface area (Å²) in [4.78, 5) is 11.0. The summed E-state index contributed by atoms with van der Waals surface area (Å²) in [5.74, 6) is 0.432. The van der Waals surface area contributed by atoms with Crippen molar-refractivity contribution in [2.45, 2.75) is 33.7 Å². The maximum absolute atomic E-state index is 11.0. The number of rotatable bonds is 3. The molecule has 2 heteroatoms. The maximum Gasteiger partial charge on any atom is 0.243 e. The quantitative estimate of drug-likeness (QED) is 0.618. The van der Waals surface area contributed by atoms with E-state index in [1.165, 1.54) is 0 Å². The average Bonchev–Trinajstić information content (AvgIpc) is 1.82. The van der Waals surface area contributed by atoms with Crippen LogP contribution in [-0.2, 0) is 4.79 Å². The minimum absolute atomic E-state index is 0.00583. The van der Waals surface area contributed by atoms with Gasteiger partial charge in [0.25, 0.3) is 0 Å². The first kappa shape index (κ1) is 10.2. The fourth-order valence-corrected chi connectivity index (χ4v) is 0.612. The summed E-state index contributed by atoms with van der Waals surface area (Å²) in [5.41, 5.74) is 0. The molecule has 1 amide bonds. The van der Waals surface area contributed by atoms with Gasteiger partial charge in [0.1, 0.15) is 0 Å². The third-order valence-corrected chi connectivity index (χ3v) is 1.06. The van der Waals surface area contributed by atoms with Crippen LogP contribution < -0.4 is 5.32 Å². The Morgan fingerprint density at radius 1 is 1.27 bits per heavy atom. The molecule has 1 N–H and O–H groups in total. The minimum Gasteiger partial charge on any atom is -0.350 e. The molecule has 0 rings (SSSR count). The van der Waals surface area contributed by atoms with Crippen LogP contribution in [0.1, 0.15) is 27.7 Å². The topological polar surface area (TPSA) is 29.1 Å². The number of carbonyl (C=O) groups is 1. The van der Waals surface area contributed by atoms with Gasteiger partial charge in [-0.25, -0.2) is 0 Å². The number of hydrogen-bond donors (Lipinski definition) is 1. The zero-order valence-corrected chi connectivity index (χ0v) is 7.72. The predicted molar refractivity (Wildman–Crippen MR) is 47.3 cm³/mol. The average molecular weight is 155 g/mol. The Morgan fingerprint density at radius 2 is 1.82 bits per heavy atom. The molecule has 0 unspecified atom stereocenters. The normalized spacial score (nSPS) is 11.5. The van der Waals surface area contributed by atoms with Crippen LogP contribution in [0.4, 0.5) is 0 Å². The fraction of sp³-hybridized carbons (Fsp3) is 0.667. The lowest BCUT2D eigenvalue weighted by molar-refractivity contribution is -0.117. The summed E-state index contributed by atoms with van der Waals surface area (Å²) < 4.78 is 0. The summed E-state index contributed by atoms with van der Waals surface area (Å²) in [6.07, 6.45) is 3.47. The van der Waals surface area contributed by atoms with Crippen molar-refractivity contribution in [1.29, 1.82) is 0 Å². The van der Waals surface area contributed by atoms with E-state index in [1.807, 2.05) is 33.8 Å². The van der Waals surface area contributed by atoms with E-state index >= 15 is 0 Å². The van der Waals surface area contributed by atoms with E-state index in [0.29, 0.717) is 5.92 Å². The first-order valence-corrected chi connectivity index (χ1v) is 4.01. The van der Waals surface area contributed by atoms with E-state index in [2.05, 4.69) is 5.32 Å². The first-order valence-electron chi connectivity index (χ1n) is 4.01. The van der Waals surface area contributed by atoms with E-state index in [4.69, 9.17) is 0 Å². The van der Waals surface area contributed by atoms with Gasteiger partial charge in [-0.15, -0.1) is 0 Å². The van der Waals surface area contributed by atoms with E-state index in [9.17, 15) is 4.79 Å². The maximum atomic E-state index is 11.0. The van der Waals surface area contributed by atoms with Gasteiger partial charge in [-0.3, -0.25) is 4.79 Å².